The van der Waals surface area contributed by atoms with Crippen molar-refractivity contribution in [3.8, 4) is 5.75 Å². The van der Waals surface area contributed by atoms with Crippen LogP contribution in [0.1, 0.15) is 63.1 Å². The number of benzene rings is 1. The van der Waals surface area contributed by atoms with Crippen molar-refractivity contribution >= 4 is 16.9 Å². The fourth-order valence-corrected chi connectivity index (χ4v) is 5.62. The second kappa shape index (κ2) is 10.6. The highest BCUT2D eigenvalue weighted by Gasteiger charge is 2.34. The van der Waals surface area contributed by atoms with Crippen molar-refractivity contribution in [1.29, 1.82) is 0 Å². The zero-order chi connectivity index (χ0) is 22.5. The number of halogens is 1. The van der Waals surface area contributed by atoms with Crippen molar-refractivity contribution in [3.05, 3.63) is 36.0 Å². The normalized spacial score (nSPS) is 23.4. The van der Waals surface area contributed by atoms with E-state index >= 15 is 4.39 Å². The first-order valence-corrected chi connectivity index (χ1v) is 12.1. The number of likely N-dealkylation sites (tertiary alicyclic amines) is 1. The van der Waals surface area contributed by atoms with E-state index in [0.717, 1.165) is 36.3 Å². The molecule has 1 saturated carbocycles. The van der Waals surface area contributed by atoms with Crippen molar-refractivity contribution in [1.82, 2.24) is 9.88 Å². The molecule has 2 fully saturated rings. The van der Waals surface area contributed by atoms with Gasteiger partial charge in [0, 0.05) is 18.1 Å². The summed E-state index contributed by atoms with van der Waals surface area (Å²) in [5, 5.41) is 10.6. The molecule has 0 bridgehead atoms. The van der Waals surface area contributed by atoms with Crippen LogP contribution in [0, 0.1) is 17.8 Å². The van der Waals surface area contributed by atoms with Crippen molar-refractivity contribution < 1.29 is 19.0 Å². The summed E-state index contributed by atoms with van der Waals surface area (Å²) in [5.41, 5.74) is 1.35. The summed E-state index contributed by atoms with van der Waals surface area (Å²) in [4.78, 5) is 18.6. The first-order valence-electron chi connectivity index (χ1n) is 12.1. The van der Waals surface area contributed by atoms with E-state index in [2.05, 4.69) is 9.88 Å². The zero-order valence-electron chi connectivity index (χ0n) is 19.0. The Kier molecular flexibility index (Phi) is 7.61. The van der Waals surface area contributed by atoms with Gasteiger partial charge in [-0.2, -0.15) is 0 Å². The smallest absolute Gasteiger partial charge is 0.308 e. The third-order valence-corrected chi connectivity index (χ3v) is 7.60. The monoisotopic (exact) mass is 442 g/mol. The van der Waals surface area contributed by atoms with E-state index < -0.39 is 18.1 Å². The summed E-state index contributed by atoms with van der Waals surface area (Å²) >= 11 is 0. The van der Waals surface area contributed by atoms with Gasteiger partial charge >= 0.3 is 5.97 Å². The van der Waals surface area contributed by atoms with Crippen LogP contribution in [0.15, 0.2) is 30.5 Å². The number of aliphatic carboxylic acids is 1. The van der Waals surface area contributed by atoms with E-state index in [1.807, 2.05) is 18.2 Å². The predicted octanol–water partition coefficient (Wildman–Crippen LogP) is 5.64. The lowest BCUT2D eigenvalue weighted by Crippen LogP contribution is -2.44. The summed E-state index contributed by atoms with van der Waals surface area (Å²) in [7, 11) is 1.59. The SMILES string of the molecule is COc1ccc2nccc(C(F)CC[C@@H]3CCN(CCC4CCCC4)C[C@@H]3C(=O)O)c2c1. The third kappa shape index (κ3) is 5.40. The lowest BCUT2D eigenvalue weighted by molar-refractivity contribution is -0.146. The topological polar surface area (TPSA) is 62.7 Å². The zero-order valence-corrected chi connectivity index (χ0v) is 19.0. The Balaban J connectivity index is 1.36. The molecule has 6 heteroatoms. The van der Waals surface area contributed by atoms with Gasteiger partial charge in [0.25, 0.3) is 0 Å². The van der Waals surface area contributed by atoms with Gasteiger partial charge in [0.05, 0.1) is 18.5 Å². The van der Waals surface area contributed by atoms with Crippen molar-refractivity contribution in [2.45, 2.75) is 57.5 Å². The van der Waals surface area contributed by atoms with Gasteiger partial charge in [0.1, 0.15) is 11.9 Å². The number of fused-ring (bicyclic) bond motifs is 1. The van der Waals surface area contributed by atoms with Gasteiger partial charge in [0.15, 0.2) is 0 Å². The largest absolute Gasteiger partial charge is 0.497 e. The molecular formula is C26H35FN2O3. The quantitative estimate of drug-likeness (QED) is 0.545. The molecule has 1 saturated heterocycles. The van der Waals surface area contributed by atoms with Gasteiger partial charge in [-0.3, -0.25) is 9.78 Å². The standard InChI is InChI=1S/C26H35FN2O3/c1-32-20-7-9-25-22(16-20)21(10-13-28-25)24(27)8-6-19-12-15-29(17-23(19)26(30)31)14-11-18-4-2-3-5-18/h7,9-10,13,16,18-19,23-24H,2-6,8,11-12,14-15,17H2,1H3,(H,30,31)/t19-,23+,24?/m1/s1. The molecule has 2 aliphatic rings. The number of carboxylic acids is 1. The molecule has 1 N–H and O–H groups in total. The Hall–Kier alpha value is -2.21. The van der Waals surface area contributed by atoms with Crippen LogP contribution in [0.5, 0.6) is 5.75 Å². The van der Waals surface area contributed by atoms with Gasteiger partial charge in [-0.1, -0.05) is 25.7 Å². The molecule has 174 valence electrons. The molecular weight excluding hydrogens is 407 g/mol. The number of carboxylic acid groups (broad SMARTS) is 1. The number of hydrogen-bond donors (Lipinski definition) is 1. The number of hydrogen-bond acceptors (Lipinski definition) is 4. The Morgan fingerprint density at radius 3 is 2.81 bits per heavy atom. The molecule has 1 aliphatic heterocycles. The molecule has 0 amide bonds. The molecule has 2 aromatic rings. The molecule has 1 unspecified atom stereocenters. The van der Waals surface area contributed by atoms with Crippen molar-refractivity contribution in [2.75, 3.05) is 26.7 Å². The van der Waals surface area contributed by atoms with Crippen LogP contribution in [-0.4, -0.2) is 47.7 Å². The summed E-state index contributed by atoms with van der Waals surface area (Å²) in [5.74, 6) is 0.368. The molecule has 3 atom stereocenters. The summed E-state index contributed by atoms with van der Waals surface area (Å²) < 4.78 is 20.6. The van der Waals surface area contributed by atoms with Crippen LogP contribution < -0.4 is 4.74 Å². The number of ether oxygens (including phenoxy) is 1. The average Bonchev–Trinajstić information content (AvgIpc) is 3.34. The summed E-state index contributed by atoms with van der Waals surface area (Å²) in [6, 6.07) is 7.22. The fraction of sp³-hybridized carbons (Fsp3) is 0.615. The second-order valence-corrected chi connectivity index (χ2v) is 9.56. The van der Waals surface area contributed by atoms with E-state index in [1.165, 1.54) is 32.1 Å². The van der Waals surface area contributed by atoms with Crippen LogP contribution in [0.2, 0.25) is 0 Å². The number of pyridine rings is 1. The van der Waals surface area contributed by atoms with Crippen molar-refractivity contribution in [3.63, 3.8) is 0 Å². The molecule has 0 spiro atoms. The minimum atomic E-state index is -1.15. The number of carbonyl (C=O) groups is 1. The Morgan fingerprint density at radius 1 is 1.25 bits per heavy atom. The van der Waals surface area contributed by atoms with Gasteiger partial charge < -0.3 is 14.7 Å². The second-order valence-electron chi connectivity index (χ2n) is 9.56. The highest BCUT2D eigenvalue weighted by atomic mass is 19.1. The van der Waals surface area contributed by atoms with Gasteiger partial charge in [-0.25, -0.2) is 4.39 Å². The van der Waals surface area contributed by atoms with Crippen LogP contribution in [0.3, 0.4) is 0 Å². The number of methoxy groups -OCH3 is 1. The van der Waals surface area contributed by atoms with Gasteiger partial charge in [0.2, 0.25) is 0 Å². The molecule has 1 aliphatic carbocycles. The van der Waals surface area contributed by atoms with E-state index in [-0.39, 0.29) is 5.92 Å². The van der Waals surface area contributed by atoms with E-state index in [1.54, 1.807) is 19.4 Å². The highest BCUT2D eigenvalue weighted by molar-refractivity contribution is 5.83. The van der Waals surface area contributed by atoms with Crippen LogP contribution in [0.25, 0.3) is 10.9 Å². The minimum Gasteiger partial charge on any atom is -0.497 e. The molecule has 5 nitrogen and oxygen atoms in total. The number of aromatic nitrogens is 1. The molecule has 0 radical (unpaired) electrons. The maximum absolute atomic E-state index is 15.3. The Bertz CT molecular complexity index is 915. The lowest BCUT2D eigenvalue weighted by Gasteiger charge is -2.37. The first-order chi connectivity index (χ1) is 15.5. The molecule has 1 aromatic heterocycles. The number of nitrogens with zero attached hydrogens (tertiary/aromatic N) is 2. The minimum absolute atomic E-state index is 0.0242. The predicted molar refractivity (Wildman–Crippen MR) is 124 cm³/mol. The van der Waals surface area contributed by atoms with E-state index in [9.17, 15) is 9.90 Å². The number of alkyl halides is 1. The van der Waals surface area contributed by atoms with Gasteiger partial charge in [-0.15, -0.1) is 0 Å². The van der Waals surface area contributed by atoms with Crippen LogP contribution in [0.4, 0.5) is 4.39 Å². The molecule has 2 heterocycles. The van der Waals surface area contributed by atoms with Crippen molar-refractivity contribution in [2.24, 2.45) is 17.8 Å². The van der Waals surface area contributed by atoms with Gasteiger partial charge in [-0.05, 0) is 80.4 Å². The summed E-state index contributed by atoms with van der Waals surface area (Å²) in [6.07, 6.45) is 8.75. The maximum atomic E-state index is 15.3. The Labute approximate surface area is 190 Å². The summed E-state index contributed by atoms with van der Waals surface area (Å²) in [6.45, 7) is 2.52. The van der Waals surface area contributed by atoms with E-state index in [4.69, 9.17) is 4.74 Å². The maximum Gasteiger partial charge on any atom is 0.308 e. The fourth-order valence-electron chi connectivity index (χ4n) is 5.62. The van der Waals surface area contributed by atoms with Crippen LogP contribution in [-0.2, 0) is 4.79 Å². The Morgan fingerprint density at radius 2 is 2.06 bits per heavy atom. The van der Waals surface area contributed by atoms with Crippen LogP contribution >= 0.6 is 0 Å². The van der Waals surface area contributed by atoms with E-state index in [0.29, 0.717) is 30.7 Å². The molecule has 32 heavy (non-hydrogen) atoms. The average molecular weight is 443 g/mol. The highest BCUT2D eigenvalue weighted by Crippen LogP contribution is 2.36. The number of rotatable bonds is 9. The first kappa shape index (κ1) is 23.0. The third-order valence-electron chi connectivity index (χ3n) is 7.60. The molecule has 4 rings (SSSR count). The molecule has 1 aromatic carbocycles. The number of piperidine rings is 1. The lowest BCUT2D eigenvalue weighted by atomic mass is 9.81.